The highest BCUT2D eigenvalue weighted by Gasteiger charge is 2.34. The number of carbonyl (C=O) groups excluding carboxylic acids is 2. The predicted molar refractivity (Wildman–Crippen MR) is 85.4 cm³/mol. The van der Waals surface area contributed by atoms with Gasteiger partial charge >= 0.3 is 0 Å². The van der Waals surface area contributed by atoms with E-state index in [0.29, 0.717) is 18.9 Å². The van der Waals surface area contributed by atoms with E-state index in [2.05, 4.69) is 13.8 Å². The molecule has 0 saturated carbocycles. The maximum atomic E-state index is 12.3. The minimum Gasteiger partial charge on any atom is -0.381 e. The van der Waals surface area contributed by atoms with Crippen LogP contribution in [0.4, 0.5) is 0 Å². The van der Waals surface area contributed by atoms with Crippen LogP contribution in [0.2, 0.25) is 0 Å². The predicted octanol–water partition coefficient (Wildman–Crippen LogP) is 2.05. The first-order chi connectivity index (χ1) is 10.5. The molecule has 5 nitrogen and oxygen atoms in total. The summed E-state index contributed by atoms with van der Waals surface area (Å²) in [7, 11) is 0. The summed E-state index contributed by atoms with van der Waals surface area (Å²) in [5, 5.41) is 0. The molecule has 0 aromatic heterocycles. The Bertz CT molecular complexity index is 391. The van der Waals surface area contributed by atoms with Crippen LogP contribution in [0.15, 0.2) is 0 Å². The molecule has 0 aliphatic carbocycles. The van der Waals surface area contributed by atoms with Crippen LogP contribution in [0.5, 0.6) is 0 Å². The Morgan fingerprint density at radius 1 is 1.18 bits per heavy atom. The normalized spacial score (nSPS) is 23.6. The second kappa shape index (κ2) is 7.95. The zero-order valence-electron chi connectivity index (χ0n) is 14.2. The number of rotatable bonds is 4. The summed E-state index contributed by atoms with van der Waals surface area (Å²) in [6, 6.07) is 0.446. The maximum Gasteiger partial charge on any atom is 0.222 e. The number of amides is 2. The molecule has 22 heavy (non-hydrogen) atoms. The molecule has 2 heterocycles. The fourth-order valence-corrected chi connectivity index (χ4v) is 3.66. The lowest BCUT2D eigenvalue weighted by molar-refractivity contribution is -0.142. The quantitative estimate of drug-likeness (QED) is 0.798. The molecular weight excluding hydrogens is 280 g/mol. The molecule has 0 spiro atoms. The molecule has 0 bridgehead atoms. The molecule has 1 unspecified atom stereocenters. The highest BCUT2D eigenvalue weighted by atomic mass is 16.5. The minimum absolute atomic E-state index is 0.134. The Hall–Kier alpha value is -1.10. The van der Waals surface area contributed by atoms with Crippen LogP contribution in [0.1, 0.15) is 52.9 Å². The van der Waals surface area contributed by atoms with Crippen LogP contribution in [0.25, 0.3) is 0 Å². The van der Waals surface area contributed by atoms with Gasteiger partial charge in [0.2, 0.25) is 11.8 Å². The van der Waals surface area contributed by atoms with Crippen LogP contribution < -0.4 is 0 Å². The third-order valence-electron chi connectivity index (χ3n) is 4.67. The van der Waals surface area contributed by atoms with Crippen molar-refractivity contribution in [1.82, 2.24) is 9.80 Å². The zero-order valence-corrected chi connectivity index (χ0v) is 14.2. The number of carbonyl (C=O) groups is 2. The van der Waals surface area contributed by atoms with Crippen LogP contribution in [0, 0.1) is 5.92 Å². The topological polar surface area (TPSA) is 49.9 Å². The van der Waals surface area contributed by atoms with E-state index in [1.165, 1.54) is 0 Å². The summed E-state index contributed by atoms with van der Waals surface area (Å²) in [5.74, 6) is 0.748. The molecule has 2 amide bonds. The van der Waals surface area contributed by atoms with Gasteiger partial charge in [0, 0.05) is 51.7 Å². The van der Waals surface area contributed by atoms with Gasteiger partial charge in [0.1, 0.15) is 0 Å². The van der Waals surface area contributed by atoms with Crippen molar-refractivity contribution >= 4 is 11.8 Å². The molecule has 0 radical (unpaired) electrons. The van der Waals surface area contributed by atoms with E-state index in [1.54, 1.807) is 6.92 Å². The highest BCUT2D eigenvalue weighted by Crippen LogP contribution is 2.24. The van der Waals surface area contributed by atoms with Crippen molar-refractivity contribution in [2.45, 2.75) is 65.0 Å². The fraction of sp³-hybridized carbons (Fsp3) is 0.882. The summed E-state index contributed by atoms with van der Waals surface area (Å²) in [5.41, 5.74) is 0. The van der Waals surface area contributed by atoms with Crippen molar-refractivity contribution in [2.75, 3.05) is 26.3 Å². The average molecular weight is 310 g/mol. The van der Waals surface area contributed by atoms with Gasteiger partial charge in [0.25, 0.3) is 0 Å². The Kier molecular flexibility index (Phi) is 6.24. The maximum absolute atomic E-state index is 12.3. The van der Waals surface area contributed by atoms with E-state index in [0.717, 1.165) is 45.4 Å². The molecule has 0 aromatic rings. The SMILES string of the molecule is CC(=O)N(C1CCOCC1)C1CCCN(C(=O)CC(C)C)C1. The van der Waals surface area contributed by atoms with Gasteiger partial charge in [-0.2, -0.15) is 0 Å². The molecule has 2 fully saturated rings. The van der Waals surface area contributed by atoms with Gasteiger partial charge < -0.3 is 14.5 Å². The average Bonchev–Trinajstić information content (AvgIpc) is 2.48. The van der Waals surface area contributed by atoms with E-state index >= 15 is 0 Å². The standard InChI is InChI=1S/C17H30N2O3/c1-13(2)11-17(21)18-8-4-5-16(12-18)19(14(3)20)15-6-9-22-10-7-15/h13,15-16H,4-12H2,1-3H3. The second-order valence-electron chi connectivity index (χ2n) is 7.00. The molecule has 126 valence electrons. The monoisotopic (exact) mass is 310 g/mol. The van der Waals surface area contributed by atoms with Crippen molar-refractivity contribution in [3.05, 3.63) is 0 Å². The Balaban J connectivity index is 2.01. The minimum atomic E-state index is 0.134. The van der Waals surface area contributed by atoms with Gasteiger partial charge in [-0.25, -0.2) is 0 Å². The molecule has 2 aliphatic heterocycles. The molecule has 2 rings (SSSR count). The molecule has 0 aromatic carbocycles. The van der Waals surface area contributed by atoms with Crippen molar-refractivity contribution in [2.24, 2.45) is 5.92 Å². The van der Waals surface area contributed by atoms with Crippen molar-refractivity contribution in [3.63, 3.8) is 0 Å². The van der Waals surface area contributed by atoms with Gasteiger partial charge in [-0.05, 0) is 31.6 Å². The van der Waals surface area contributed by atoms with Gasteiger partial charge in [-0.3, -0.25) is 9.59 Å². The summed E-state index contributed by atoms with van der Waals surface area (Å²) in [6.45, 7) is 8.80. The van der Waals surface area contributed by atoms with E-state index in [9.17, 15) is 9.59 Å². The Morgan fingerprint density at radius 2 is 1.86 bits per heavy atom. The van der Waals surface area contributed by atoms with Gasteiger partial charge in [0.15, 0.2) is 0 Å². The number of ether oxygens (including phenoxy) is 1. The van der Waals surface area contributed by atoms with Crippen LogP contribution >= 0.6 is 0 Å². The lowest BCUT2D eigenvalue weighted by Crippen LogP contribution is -2.55. The molecule has 0 N–H and O–H groups in total. The van der Waals surface area contributed by atoms with Crippen LogP contribution in [-0.4, -0.2) is 60.0 Å². The third kappa shape index (κ3) is 4.45. The third-order valence-corrected chi connectivity index (χ3v) is 4.67. The summed E-state index contributed by atoms with van der Waals surface area (Å²) >= 11 is 0. The number of hydrogen-bond donors (Lipinski definition) is 0. The first-order valence-electron chi connectivity index (χ1n) is 8.63. The van der Waals surface area contributed by atoms with E-state index in [4.69, 9.17) is 4.74 Å². The van der Waals surface area contributed by atoms with Gasteiger partial charge in [-0.15, -0.1) is 0 Å². The zero-order chi connectivity index (χ0) is 16.1. The Morgan fingerprint density at radius 3 is 2.45 bits per heavy atom. The summed E-state index contributed by atoms with van der Waals surface area (Å²) < 4.78 is 5.42. The fourth-order valence-electron chi connectivity index (χ4n) is 3.66. The van der Waals surface area contributed by atoms with E-state index in [-0.39, 0.29) is 23.9 Å². The summed E-state index contributed by atoms with van der Waals surface area (Å²) in [4.78, 5) is 28.5. The number of hydrogen-bond acceptors (Lipinski definition) is 3. The molecule has 5 heteroatoms. The van der Waals surface area contributed by atoms with E-state index < -0.39 is 0 Å². The first-order valence-corrected chi connectivity index (χ1v) is 8.63. The molecule has 2 aliphatic rings. The lowest BCUT2D eigenvalue weighted by atomic mass is 9.98. The number of nitrogens with zero attached hydrogens (tertiary/aromatic N) is 2. The smallest absolute Gasteiger partial charge is 0.222 e. The van der Waals surface area contributed by atoms with Crippen molar-refractivity contribution < 1.29 is 14.3 Å². The van der Waals surface area contributed by atoms with Gasteiger partial charge in [-0.1, -0.05) is 13.8 Å². The molecular formula is C17H30N2O3. The Labute approximate surface area is 134 Å². The highest BCUT2D eigenvalue weighted by molar-refractivity contribution is 5.77. The number of likely N-dealkylation sites (tertiary alicyclic amines) is 1. The molecule has 1 atom stereocenters. The second-order valence-corrected chi connectivity index (χ2v) is 7.00. The van der Waals surface area contributed by atoms with Crippen LogP contribution in [0.3, 0.4) is 0 Å². The first kappa shape index (κ1) is 17.3. The van der Waals surface area contributed by atoms with Crippen LogP contribution in [-0.2, 0) is 14.3 Å². The summed E-state index contributed by atoms with van der Waals surface area (Å²) in [6.07, 6.45) is 4.42. The molecule has 2 saturated heterocycles. The van der Waals surface area contributed by atoms with Gasteiger partial charge in [0.05, 0.1) is 0 Å². The van der Waals surface area contributed by atoms with Crippen molar-refractivity contribution in [3.8, 4) is 0 Å². The largest absolute Gasteiger partial charge is 0.381 e. The lowest BCUT2D eigenvalue weighted by Gasteiger charge is -2.44. The number of piperidine rings is 1. The van der Waals surface area contributed by atoms with Crippen molar-refractivity contribution in [1.29, 1.82) is 0 Å². The van der Waals surface area contributed by atoms with E-state index in [1.807, 2.05) is 9.80 Å².